The van der Waals surface area contributed by atoms with Crippen molar-refractivity contribution in [2.24, 2.45) is 0 Å². The summed E-state index contributed by atoms with van der Waals surface area (Å²) in [4.78, 5) is 6.69. The molecule has 17 heavy (non-hydrogen) atoms. The second-order valence-electron chi connectivity index (χ2n) is 4.72. The van der Waals surface area contributed by atoms with E-state index >= 15 is 0 Å². The zero-order valence-electron chi connectivity index (χ0n) is 10.2. The molecule has 0 saturated carbocycles. The van der Waals surface area contributed by atoms with Crippen LogP contribution in [0.4, 0.5) is 0 Å². The molecule has 1 aliphatic rings. The van der Waals surface area contributed by atoms with Gasteiger partial charge in [-0.05, 0) is 38.1 Å². The highest BCUT2D eigenvalue weighted by Crippen LogP contribution is 2.30. The van der Waals surface area contributed by atoms with E-state index in [0.29, 0.717) is 6.04 Å². The van der Waals surface area contributed by atoms with Crippen molar-refractivity contribution in [3.63, 3.8) is 0 Å². The minimum Gasteiger partial charge on any atom is -0.396 e. The number of hydrogen-bond donors (Lipinski definition) is 2. The Labute approximate surface area is 102 Å². The van der Waals surface area contributed by atoms with E-state index in [0.717, 1.165) is 12.2 Å². The van der Waals surface area contributed by atoms with Crippen LogP contribution in [-0.4, -0.2) is 46.9 Å². The van der Waals surface area contributed by atoms with E-state index in [1.807, 2.05) is 12.3 Å². The molecule has 1 aromatic heterocycles. The summed E-state index contributed by atoms with van der Waals surface area (Å²) in [6.45, 7) is 1.01. The van der Waals surface area contributed by atoms with Crippen molar-refractivity contribution in [1.29, 1.82) is 0 Å². The van der Waals surface area contributed by atoms with Crippen LogP contribution in [0.1, 0.15) is 36.1 Å². The Morgan fingerprint density at radius 3 is 2.65 bits per heavy atom. The lowest BCUT2D eigenvalue weighted by Crippen LogP contribution is -2.18. The molecule has 4 nitrogen and oxygen atoms in total. The number of aliphatic hydroxyl groups excluding tert-OH is 2. The highest BCUT2D eigenvalue weighted by molar-refractivity contribution is 5.21. The van der Waals surface area contributed by atoms with Crippen LogP contribution in [0.3, 0.4) is 0 Å². The standard InChI is InChI=1S/C13H20N2O2/c1-15-6-2-3-13(15)10-4-5-12(14-7-10)11(8-16)9-17/h4-5,7,11,13,16-17H,2-3,6,8-9H2,1H3. The molecular formula is C13H20N2O2. The van der Waals surface area contributed by atoms with E-state index in [1.54, 1.807) is 0 Å². The number of aliphatic hydroxyl groups is 2. The third-order valence-electron chi connectivity index (χ3n) is 3.57. The second kappa shape index (κ2) is 5.58. The van der Waals surface area contributed by atoms with Gasteiger partial charge in [-0.1, -0.05) is 6.07 Å². The lowest BCUT2D eigenvalue weighted by Gasteiger charge is -2.20. The first-order valence-electron chi connectivity index (χ1n) is 6.14. The summed E-state index contributed by atoms with van der Waals surface area (Å²) < 4.78 is 0. The van der Waals surface area contributed by atoms with Crippen molar-refractivity contribution in [2.45, 2.75) is 24.8 Å². The predicted octanol–water partition coefficient (Wildman–Crippen LogP) is 0.916. The maximum atomic E-state index is 9.09. The molecule has 0 spiro atoms. The fraction of sp³-hybridized carbons (Fsp3) is 0.615. The Morgan fingerprint density at radius 1 is 1.41 bits per heavy atom. The lowest BCUT2D eigenvalue weighted by molar-refractivity contribution is 0.190. The average Bonchev–Trinajstić information content (AvgIpc) is 2.78. The van der Waals surface area contributed by atoms with Crippen molar-refractivity contribution in [3.05, 3.63) is 29.6 Å². The van der Waals surface area contributed by atoms with Crippen molar-refractivity contribution >= 4 is 0 Å². The molecule has 1 aliphatic heterocycles. The van der Waals surface area contributed by atoms with Gasteiger partial charge in [-0.15, -0.1) is 0 Å². The summed E-state index contributed by atoms with van der Waals surface area (Å²) in [5.41, 5.74) is 1.99. The minimum atomic E-state index is -0.259. The molecule has 1 unspecified atom stereocenters. The number of aromatic nitrogens is 1. The van der Waals surface area contributed by atoms with Crippen LogP contribution in [0.15, 0.2) is 18.3 Å². The predicted molar refractivity (Wildman–Crippen MR) is 65.8 cm³/mol. The number of likely N-dealkylation sites (tertiary alicyclic amines) is 1. The monoisotopic (exact) mass is 236 g/mol. The first-order chi connectivity index (χ1) is 8.26. The summed E-state index contributed by atoms with van der Waals surface area (Å²) in [5, 5.41) is 18.2. The van der Waals surface area contributed by atoms with Gasteiger partial charge in [-0.2, -0.15) is 0 Å². The van der Waals surface area contributed by atoms with Crippen LogP contribution in [-0.2, 0) is 0 Å². The fourth-order valence-electron chi connectivity index (χ4n) is 2.43. The second-order valence-corrected chi connectivity index (χ2v) is 4.72. The van der Waals surface area contributed by atoms with Gasteiger partial charge in [0.05, 0.1) is 13.2 Å². The van der Waals surface area contributed by atoms with Crippen LogP contribution >= 0.6 is 0 Å². The molecule has 1 fully saturated rings. The van der Waals surface area contributed by atoms with Gasteiger partial charge in [0.1, 0.15) is 0 Å². The summed E-state index contributed by atoms with van der Waals surface area (Å²) >= 11 is 0. The van der Waals surface area contributed by atoms with Gasteiger partial charge in [0.15, 0.2) is 0 Å². The number of rotatable bonds is 4. The van der Waals surface area contributed by atoms with Crippen molar-refractivity contribution < 1.29 is 10.2 Å². The first-order valence-corrected chi connectivity index (χ1v) is 6.14. The largest absolute Gasteiger partial charge is 0.396 e. The molecule has 1 saturated heterocycles. The van der Waals surface area contributed by atoms with Gasteiger partial charge in [-0.3, -0.25) is 9.88 Å². The average molecular weight is 236 g/mol. The maximum absolute atomic E-state index is 9.09. The number of pyridine rings is 1. The van der Waals surface area contributed by atoms with Crippen LogP contribution in [0.5, 0.6) is 0 Å². The summed E-state index contributed by atoms with van der Waals surface area (Å²) in [6.07, 6.45) is 4.29. The van der Waals surface area contributed by atoms with Crippen LogP contribution in [0.25, 0.3) is 0 Å². The topological polar surface area (TPSA) is 56.6 Å². The molecule has 0 radical (unpaired) electrons. The maximum Gasteiger partial charge on any atom is 0.0537 e. The first kappa shape index (κ1) is 12.5. The molecule has 2 N–H and O–H groups in total. The summed E-state index contributed by atoms with van der Waals surface area (Å²) in [6, 6.07) is 4.45. The van der Waals surface area contributed by atoms with Crippen LogP contribution in [0, 0.1) is 0 Å². The Kier molecular flexibility index (Phi) is 4.10. The molecule has 0 amide bonds. The Bertz CT molecular complexity index is 349. The van der Waals surface area contributed by atoms with E-state index in [9.17, 15) is 0 Å². The highest BCUT2D eigenvalue weighted by Gasteiger charge is 2.23. The molecule has 94 valence electrons. The van der Waals surface area contributed by atoms with Gasteiger partial charge >= 0.3 is 0 Å². The Morgan fingerprint density at radius 2 is 2.18 bits per heavy atom. The molecule has 1 aromatic rings. The van der Waals surface area contributed by atoms with Crippen molar-refractivity contribution in [2.75, 3.05) is 26.8 Å². The summed E-state index contributed by atoms with van der Waals surface area (Å²) in [5.74, 6) is -0.259. The Balaban J connectivity index is 2.12. The number of nitrogens with zero attached hydrogens (tertiary/aromatic N) is 2. The van der Waals surface area contributed by atoms with E-state index in [2.05, 4.69) is 23.0 Å². The smallest absolute Gasteiger partial charge is 0.0537 e. The van der Waals surface area contributed by atoms with E-state index in [-0.39, 0.29) is 19.1 Å². The van der Waals surface area contributed by atoms with E-state index in [1.165, 1.54) is 18.4 Å². The third kappa shape index (κ3) is 2.65. The minimum absolute atomic E-state index is 0.0633. The van der Waals surface area contributed by atoms with Crippen molar-refractivity contribution in [1.82, 2.24) is 9.88 Å². The van der Waals surface area contributed by atoms with Crippen molar-refractivity contribution in [3.8, 4) is 0 Å². The summed E-state index contributed by atoms with van der Waals surface area (Å²) in [7, 11) is 2.13. The van der Waals surface area contributed by atoms with Gasteiger partial charge in [0, 0.05) is 23.9 Å². The van der Waals surface area contributed by atoms with E-state index in [4.69, 9.17) is 10.2 Å². The molecule has 2 rings (SSSR count). The lowest BCUT2D eigenvalue weighted by atomic mass is 10.0. The molecule has 2 heterocycles. The van der Waals surface area contributed by atoms with Gasteiger partial charge in [0.2, 0.25) is 0 Å². The molecule has 0 bridgehead atoms. The quantitative estimate of drug-likeness (QED) is 0.816. The SMILES string of the molecule is CN1CCCC1c1ccc(C(CO)CO)nc1. The molecule has 1 atom stereocenters. The normalized spacial score (nSPS) is 21.3. The zero-order valence-corrected chi connectivity index (χ0v) is 10.2. The number of hydrogen-bond acceptors (Lipinski definition) is 4. The fourth-order valence-corrected chi connectivity index (χ4v) is 2.43. The van der Waals surface area contributed by atoms with Gasteiger partial charge in [-0.25, -0.2) is 0 Å². The van der Waals surface area contributed by atoms with Gasteiger partial charge < -0.3 is 10.2 Å². The molecule has 0 aromatic carbocycles. The van der Waals surface area contributed by atoms with E-state index < -0.39 is 0 Å². The molecule has 0 aliphatic carbocycles. The van der Waals surface area contributed by atoms with Crippen LogP contribution < -0.4 is 0 Å². The zero-order chi connectivity index (χ0) is 12.3. The molecular weight excluding hydrogens is 216 g/mol. The van der Waals surface area contributed by atoms with Crippen LogP contribution in [0.2, 0.25) is 0 Å². The third-order valence-corrected chi connectivity index (χ3v) is 3.57. The Hall–Kier alpha value is -0.970. The highest BCUT2D eigenvalue weighted by atomic mass is 16.3. The van der Waals surface area contributed by atoms with Gasteiger partial charge in [0.25, 0.3) is 0 Å². The molecule has 4 heteroatoms.